The monoisotopic (exact) mass is 286 g/mol. The van der Waals surface area contributed by atoms with E-state index >= 15 is 0 Å². The smallest absolute Gasteiger partial charge is 0.348 e. The van der Waals surface area contributed by atoms with E-state index in [0.29, 0.717) is 18.4 Å². The van der Waals surface area contributed by atoms with Crippen LogP contribution in [0, 0.1) is 0 Å². The van der Waals surface area contributed by atoms with Gasteiger partial charge in [0, 0.05) is 0 Å². The highest BCUT2D eigenvalue weighted by molar-refractivity contribution is 5.87. The predicted octanol–water partition coefficient (Wildman–Crippen LogP) is 2.76. The Hall–Kier alpha value is -1.56. The van der Waals surface area contributed by atoms with E-state index in [1.807, 2.05) is 0 Å². The molecule has 1 aromatic carbocycles. The first-order valence-corrected chi connectivity index (χ1v) is 6.49. The van der Waals surface area contributed by atoms with Crippen LogP contribution in [0.25, 0.3) is 0 Å². The quantitative estimate of drug-likeness (QED) is 0.897. The Bertz CT molecular complexity index is 509. The number of amides is 1. The molecule has 0 saturated heterocycles. The lowest BCUT2D eigenvalue weighted by atomic mass is 9.77. The van der Waals surface area contributed by atoms with Gasteiger partial charge in [-0.25, -0.2) is 0 Å². The molecular weight excluding hydrogens is 269 g/mol. The van der Waals surface area contributed by atoms with Gasteiger partial charge in [-0.1, -0.05) is 12.1 Å². The molecule has 1 fully saturated rings. The summed E-state index contributed by atoms with van der Waals surface area (Å²) < 4.78 is 37.9. The first-order valence-electron chi connectivity index (χ1n) is 6.49. The molecule has 6 heteroatoms. The number of halogens is 3. The van der Waals surface area contributed by atoms with Crippen LogP contribution in [-0.2, 0) is 11.0 Å². The SMILES string of the molecule is CC(NC(=O)C1(N)CCC1)c1cccc(C(F)(F)F)c1. The van der Waals surface area contributed by atoms with Crippen molar-refractivity contribution in [3.63, 3.8) is 0 Å². The highest BCUT2D eigenvalue weighted by Crippen LogP contribution is 2.32. The van der Waals surface area contributed by atoms with Crippen LogP contribution in [0.2, 0.25) is 0 Å². The fraction of sp³-hybridized carbons (Fsp3) is 0.500. The van der Waals surface area contributed by atoms with Crippen molar-refractivity contribution in [2.75, 3.05) is 0 Å². The number of carbonyl (C=O) groups is 1. The van der Waals surface area contributed by atoms with Crippen LogP contribution in [0.15, 0.2) is 24.3 Å². The van der Waals surface area contributed by atoms with E-state index in [4.69, 9.17) is 5.73 Å². The zero-order valence-electron chi connectivity index (χ0n) is 11.1. The molecule has 1 aliphatic rings. The van der Waals surface area contributed by atoms with Crippen molar-refractivity contribution in [2.45, 2.75) is 43.9 Å². The molecule has 1 saturated carbocycles. The predicted molar refractivity (Wildman–Crippen MR) is 68.8 cm³/mol. The third-order valence-electron chi connectivity index (χ3n) is 3.76. The third kappa shape index (κ3) is 2.95. The van der Waals surface area contributed by atoms with E-state index in [1.165, 1.54) is 6.07 Å². The molecule has 2 rings (SSSR count). The van der Waals surface area contributed by atoms with Gasteiger partial charge in [-0.05, 0) is 43.9 Å². The zero-order chi connectivity index (χ0) is 15.0. The zero-order valence-corrected chi connectivity index (χ0v) is 11.1. The second-order valence-corrected chi connectivity index (χ2v) is 5.33. The van der Waals surface area contributed by atoms with Gasteiger partial charge in [0.15, 0.2) is 0 Å². The minimum absolute atomic E-state index is 0.298. The molecule has 0 heterocycles. The molecule has 1 atom stereocenters. The fourth-order valence-electron chi connectivity index (χ4n) is 2.19. The standard InChI is InChI=1S/C14H17F3N2O/c1-9(19-12(20)13(18)6-3-7-13)10-4-2-5-11(8-10)14(15,16)17/h2,4-5,8-9H,3,6-7,18H2,1H3,(H,19,20). The molecule has 1 aliphatic carbocycles. The Labute approximate surface area is 115 Å². The number of alkyl halides is 3. The van der Waals surface area contributed by atoms with Gasteiger partial charge in [0.1, 0.15) is 0 Å². The van der Waals surface area contributed by atoms with Gasteiger partial charge in [-0.3, -0.25) is 4.79 Å². The minimum atomic E-state index is -4.39. The molecule has 0 bridgehead atoms. The number of rotatable bonds is 3. The van der Waals surface area contributed by atoms with E-state index < -0.39 is 23.3 Å². The van der Waals surface area contributed by atoms with Gasteiger partial charge in [-0.2, -0.15) is 13.2 Å². The van der Waals surface area contributed by atoms with E-state index in [9.17, 15) is 18.0 Å². The van der Waals surface area contributed by atoms with E-state index in [1.54, 1.807) is 13.0 Å². The van der Waals surface area contributed by atoms with Crippen molar-refractivity contribution < 1.29 is 18.0 Å². The molecule has 0 spiro atoms. The van der Waals surface area contributed by atoms with Crippen molar-refractivity contribution in [1.29, 1.82) is 0 Å². The van der Waals surface area contributed by atoms with Gasteiger partial charge < -0.3 is 11.1 Å². The third-order valence-corrected chi connectivity index (χ3v) is 3.76. The van der Waals surface area contributed by atoms with Gasteiger partial charge in [0.25, 0.3) is 0 Å². The highest BCUT2D eigenvalue weighted by Gasteiger charge is 2.40. The lowest BCUT2D eigenvalue weighted by molar-refractivity contribution is -0.137. The summed E-state index contributed by atoms with van der Waals surface area (Å²) in [6.07, 6.45) is -2.24. The Morgan fingerprint density at radius 1 is 1.40 bits per heavy atom. The Morgan fingerprint density at radius 2 is 2.05 bits per heavy atom. The lowest BCUT2D eigenvalue weighted by Gasteiger charge is -2.37. The van der Waals surface area contributed by atoms with Crippen molar-refractivity contribution in [1.82, 2.24) is 5.32 Å². The molecule has 1 amide bonds. The number of hydrogen-bond donors (Lipinski definition) is 2. The van der Waals surface area contributed by atoms with Crippen molar-refractivity contribution >= 4 is 5.91 Å². The van der Waals surface area contributed by atoms with Crippen LogP contribution >= 0.6 is 0 Å². The first-order chi connectivity index (χ1) is 9.22. The summed E-state index contributed by atoms with van der Waals surface area (Å²) in [6, 6.07) is 4.45. The molecule has 3 N–H and O–H groups in total. The highest BCUT2D eigenvalue weighted by atomic mass is 19.4. The van der Waals surface area contributed by atoms with Crippen LogP contribution < -0.4 is 11.1 Å². The molecule has 0 aromatic heterocycles. The lowest BCUT2D eigenvalue weighted by Crippen LogP contribution is -2.58. The van der Waals surface area contributed by atoms with Crippen molar-refractivity contribution in [2.24, 2.45) is 5.73 Å². The summed E-state index contributed by atoms with van der Waals surface area (Å²) in [5.41, 5.74) is 4.72. The molecule has 110 valence electrons. The molecule has 3 nitrogen and oxygen atoms in total. The summed E-state index contributed by atoms with van der Waals surface area (Å²) >= 11 is 0. The van der Waals surface area contributed by atoms with Crippen LogP contribution in [0.1, 0.15) is 43.4 Å². The molecule has 0 aliphatic heterocycles. The number of carbonyl (C=O) groups excluding carboxylic acids is 1. The first kappa shape index (κ1) is 14.8. The maximum atomic E-state index is 12.6. The molecule has 1 aromatic rings. The van der Waals surface area contributed by atoms with Crippen molar-refractivity contribution in [3.05, 3.63) is 35.4 Å². The number of hydrogen-bond acceptors (Lipinski definition) is 2. The maximum absolute atomic E-state index is 12.6. The number of nitrogens with one attached hydrogen (secondary N) is 1. The Kier molecular flexibility index (Phi) is 3.77. The van der Waals surface area contributed by atoms with E-state index in [-0.39, 0.29) is 5.91 Å². The molecule has 1 unspecified atom stereocenters. The van der Waals surface area contributed by atoms with Gasteiger partial charge >= 0.3 is 6.18 Å². The Morgan fingerprint density at radius 3 is 2.55 bits per heavy atom. The van der Waals surface area contributed by atoms with Crippen LogP contribution in [0.5, 0.6) is 0 Å². The molecule has 0 radical (unpaired) electrons. The maximum Gasteiger partial charge on any atom is 0.416 e. The summed E-state index contributed by atoms with van der Waals surface area (Å²) in [5, 5.41) is 2.69. The van der Waals surface area contributed by atoms with E-state index in [2.05, 4.69) is 5.32 Å². The molecule has 20 heavy (non-hydrogen) atoms. The van der Waals surface area contributed by atoms with Crippen LogP contribution in [0.3, 0.4) is 0 Å². The number of benzene rings is 1. The van der Waals surface area contributed by atoms with Crippen LogP contribution in [-0.4, -0.2) is 11.4 Å². The Balaban J connectivity index is 2.09. The number of nitrogens with two attached hydrogens (primary N) is 1. The normalized spacial score (nSPS) is 19.1. The minimum Gasteiger partial charge on any atom is -0.348 e. The second kappa shape index (κ2) is 5.09. The summed E-state index contributed by atoms with van der Waals surface area (Å²) in [4.78, 5) is 12.0. The topological polar surface area (TPSA) is 55.1 Å². The average molecular weight is 286 g/mol. The average Bonchev–Trinajstić information content (AvgIpc) is 2.34. The molecular formula is C14H17F3N2O. The van der Waals surface area contributed by atoms with Crippen LogP contribution in [0.4, 0.5) is 13.2 Å². The summed E-state index contributed by atoms with van der Waals surface area (Å²) in [6.45, 7) is 1.65. The van der Waals surface area contributed by atoms with E-state index in [0.717, 1.165) is 18.6 Å². The second-order valence-electron chi connectivity index (χ2n) is 5.33. The van der Waals surface area contributed by atoms with Crippen molar-refractivity contribution in [3.8, 4) is 0 Å². The fourth-order valence-corrected chi connectivity index (χ4v) is 2.19. The summed E-state index contributed by atoms with van der Waals surface area (Å²) in [7, 11) is 0. The van der Waals surface area contributed by atoms with Gasteiger partial charge in [0.2, 0.25) is 5.91 Å². The van der Waals surface area contributed by atoms with Gasteiger partial charge in [0.05, 0.1) is 17.1 Å². The van der Waals surface area contributed by atoms with Gasteiger partial charge in [-0.15, -0.1) is 0 Å². The largest absolute Gasteiger partial charge is 0.416 e. The summed E-state index contributed by atoms with van der Waals surface area (Å²) in [5.74, 6) is -0.298.